The SMILES string of the molecule is Cc1ccc(C(Cc2ccccc2[N+](=O)[O-])C(=O)O)cc1F. The van der Waals surface area contributed by atoms with E-state index < -0.39 is 22.6 Å². The second-order valence-electron chi connectivity index (χ2n) is 4.99. The van der Waals surface area contributed by atoms with Gasteiger partial charge in [-0.1, -0.05) is 30.3 Å². The summed E-state index contributed by atoms with van der Waals surface area (Å²) in [7, 11) is 0. The van der Waals surface area contributed by atoms with Gasteiger partial charge in [0.1, 0.15) is 5.82 Å². The molecule has 0 aliphatic rings. The summed E-state index contributed by atoms with van der Waals surface area (Å²) in [4.78, 5) is 21.9. The van der Waals surface area contributed by atoms with Crippen LogP contribution in [0.1, 0.15) is 22.6 Å². The van der Waals surface area contributed by atoms with Crippen molar-refractivity contribution in [2.24, 2.45) is 0 Å². The van der Waals surface area contributed by atoms with E-state index in [2.05, 4.69) is 0 Å². The summed E-state index contributed by atoms with van der Waals surface area (Å²) in [5, 5.41) is 20.4. The van der Waals surface area contributed by atoms with Crippen LogP contribution in [0.4, 0.5) is 10.1 Å². The Bertz CT molecular complexity index is 730. The first-order valence-corrected chi connectivity index (χ1v) is 6.61. The molecule has 0 amide bonds. The highest BCUT2D eigenvalue weighted by atomic mass is 19.1. The number of nitro benzene ring substituents is 1. The smallest absolute Gasteiger partial charge is 0.311 e. The van der Waals surface area contributed by atoms with Crippen molar-refractivity contribution in [3.63, 3.8) is 0 Å². The molecule has 0 spiro atoms. The normalized spacial score (nSPS) is 11.9. The minimum absolute atomic E-state index is 0.0744. The molecule has 0 saturated carbocycles. The van der Waals surface area contributed by atoms with E-state index in [1.54, 1.807) is 13.0 Å². The first-order chi connectivity index (χ1) is 10.4. The largest absolute Gasteiger partial charge is 0.481 e. The Morgan fingerprint density at radius 3 is 2.59 bits per heavy atom. The maximum absolute atomic E-state index is 13.6. The number of nitrogens with zero attached hydrogens (tertiary/aromatic N) is 1. The second-order valence-corrected chi connectivity index (χ2v) is 4.99. The van der Waals surface area contributed by atoms with Crippen LogP contribution in [0, 0.1) is 22.9 Å². The number of benzene rings is 2. The Labute approximate surface area is 126 Å². The molecular formula is C16H14FNO4. The molecule has 0 saturated heterocycles. The number of aryl methyl sites for hydroxylation is 1. The molecule has 22 heavy (non-hydrogen) atoms. The standard InChI is InChI=1S/C16H14FNO4/c1-10-6-7-11(9-14(10)17)13(16(19)20)8-12-4-2-3-5-15(12)18(21)22/h2-7,9,13H,8H2,1H3,(H,19,20). The van der Waals surface area contributed by atoms with Gasteiger partial charge in [-0.25, -0.2) is 4.39 Å². The van der Waals surface area contributed by atoms with Gasteiger partial charge in [0.25, 0.3) is 5.69 Å². The minimum Gasteiger partial charge on any atom is -0.481 e. The maximum Gasteiger partial charge on any atom is 0.311 e. The Morgan fingerprint density at radius 1 is 1.32 bits per heavy atom. The summed E-state index contributed by atoms with van der Waals surface area (Å²) >= 11 is 0. The summed E-state index contributed by atoms with van der Waals surface area (Å²) in [5.41, 5.74) is 0.870. The predicted molar refractivity (Wildman–Crippen MR) is 78.3 cm³/mol. The molecule has 6 heteroatoms. The third-order valence-electron chi connectivity index (χ3n) is 3.51. The van der Waals surface area contributed by atoms with Gasteiger partial charge in [-0.2, -0.15) is 0 Å². The van der Waals surface area contributed by atoms with Crippen LogP contribution < -0.4 is 0 Å². The Kier molecular flexibility index (Phi) is 4.50. The molecule has 1 atom stereocenters. The third-order valence-corrected chi connectivity index (χ3v) is 3.51. The average Bonchev–Trinajstić information content (AvgIpc) is 2.47. The molecule has 5 nitrogen and oxygen atoms in total. The molecule has 0 aliphatic heterocycles. The van der Waals surface area contributed by atoms with Crippen molar-refractivity contribution >= 4 is 11.7 Å². The van der Waals surface area contributed by atoms with Gasteiger partial charge in [0.05, 0.1) is 10.8 Å². The highest BCUT2D eigenvalue weighted by Gasteiger charge is 2.25. The average molecular weight is 303 g/mol. The lowest BCUT2D eigenvalue weighted by atomic mass is 9.91. The zero-order valence-corrected chi connectivity index (χ0v) is 11.8. The number of halogens is 1. The van der Waals surface area contributed by atoms with Crippen LogP contribution in [-0.4, -0.2) is 16.0 Å². The van der Waals surface area contributed by atoms with Crippen molar-refractivity contribution in [2.45, 2.75) is 19.3 Å². The van der Waals surface area contributed by atoms with E-state index in [-0.39, 0.29) is 17.7 Å². The number of carboxylic acid groups (broad SMARTS) is 1. The van der Waals surface area contributed by atoms with Crippen LogP contribution in [0.25, 0.3) is 0 Å². The van der Waals surface area contributed by atoms with Gasteiger partial charge in [-0.3, -0.25) is 14.9 Å². The number of carboxylic acids is 1. The van der Waals surface area contributed by atoms with Crippen molar-refractivity contribution in [1.29, 1.82) is 0 Å². The van der Waals surface area contributed by atoms with Gasteiger partial charge < -0.3 is 5.11 Å². The first-order valence-electron chi connectivity index (χ1n) is 6.61. The molecule has 1 unspecified atom stereocenters. The summed E-state index contributed by atoms with van der Waals surface area (Å²) < 4.78 is 13.6. The molecule has 0 fully saturated rings. The quantitative estimate of drug-likeness (QED) is 0.677. The van der Waals surface area contributed by atoms with E-state index in [0.717, 1.165) is 0 Å². The van der Waals surface area contributed by atoms with Crippen LogP contribution >= 0.6 is 0 Å². The molecule has 114 valence electrons. The summed E-state index contributed by atoms with van der Waals surface area (Å²) in [5.74, 6) is -2.69. The van der Waals surface area contributed by atoms with Gasteiger partial charge in [-0.05, 0) is 30.5 Å². The van der Waals surface area contributed by atoms with E-state index in [1.165, 1.54) is 36.4 Å². The van der Waals surface area contributed by atoms with Crippen molar-refractivity contribution in [1.82, 2.24) is 0 Å². The molecule has 0 radical (unpaired) electrons. The molecule has 2 aromatic rings. The number of hydrogen-bond acceptors (Lipinski definition) is 3. The van der Waals surface area contributed by atoms with E-state index >= 15 is 0 Å². The third kappa shape index (κ3) is 3.28. The lowest BCUT2D eigenvalue weighted by Gasteiger charge is -2.14. The second kappa shape index (κ2) is 6.34. The number of nitro groups is 1. The number of hydrogen-bond donors (Lipinski definition) is 1. The molecule has 0 aromatic heterocycles. The van der Waals surface area contributed by atoms with Gasteiger partial charge in [-0.15, -0.1) is 0 Å². The van der Waals surface area contributed by atoms with Crippen molar-refractivity contribution in [3.05, 3.63) is 75.1 Å². The molecular weight excluding hydrogens is 289 g/mol. The maximum atomic E-state index is 13.6. The van der Waals surface area contributed by atoms with E-state index in [4.69, 9.17) is 0 Å². The van der Waals surface area contributed by atoms with Gasteiger partial charge in [0.2, 0.25) is 0 Å². The Hall–Kier alpha value is -2.76. The summed E-state index contributed by atoms with van der Waals surface area (Å²) in [6, 6.07) is 10.2. The minimum atomic E-state index is -1.15. The van der Waals surface area contributed by atoms with Gasteiger partial charge >= 0.3 is 5.97 Å². The van der Waals surface area contributed by atoms with Crippen LogP contribution in [0.5, 0.6) is 0 Å². The first kappa shape index (κ1) is 15.6. The monoisotopic (exact) mass is 303 g/mol. The van der Waals surface area contributed by atoms with E-state index in [1.807, 2.05) is 0 Å². The fourth-order valence-corrected chi connectivity index (χ4v) is 2.26. The highest BCUT2D eigenvalue weighted by molar-refractivity contribution is 5.76. The Morgan fingerprint density at radius 2 is 2.00 bits per heavy atom. The zero-order valence-electron chi connectivity index (χ0n) is 11.8. The van der Waals surface area contributed by atoms with Crippen molar-refractivity contribution < 1.29 is 19.2 Å². The lowest BCUT2D eigenvalue weighted by molar-refractivity contribution is -0.385. The van der Waals surface area contributed by atoms with Gasteiger partial charge in [0.15, 0.2) is 0 Å². The molecule has 0 aliphatic carbocycles. The van der Waals surface area contributed by atoms with E-state index in [0.29, 0.717) is 11.1 Å². The molecule has 0 heterocycles. The Balaban J connectivity index is 2.40. The molecule has 1 N–H and O–H groups in total. The van der Waals surface area contributed by atoms with E-state index in [9.17, 15) is 24.4 Å². The number of aliphatic carboxylic acids is 1. The lowest BCUT2D eigenvalue weighted by Crippen LogP contribution is -2.15. The summed E-state index contributed by atoms with van der Waals surface area (Å²) in [6.45, 7) is 1.58. The predicted octanol–water partition coefficient (Wildman–Crippen LogP) is 3.45. The number of rotatable bonds is 5. The fourth-order valence-electron chi connectivity index (χ4n) is 2.26. The van der Waals surface area contributed by atoms with Crippen LogP contribution in [0.3, 0.4) is 0 Å². The van der Waals surface area contributed by atoms with Crippen molar-refractivity contribution in [3.8, 4) is 0 Å². The topological polar surface area (TPSA) is 80.4 Å². The molecule has 0 bridgehead atoms. The zero-order chi connectivity index (χ0) is 16.3. The van der Waals surface area contributed by atoms with Crippen LogP contribution in [-0.2, 0) is 11.2 Å². The number of para-hydroxylation sites is 1. The fraction of sp³-hybridized carbons (Fsp3) is 0.188. The van der Waals surface area contributed by atoms with Crippen LogP contribution in [0.15, 0.2) is 42.5 Å². The number of carbonyl (C=O) groups is 1. The highest BCUT2D eigenvalue weighted by Crippen LogP contribution is 2.27. The van der Waals surface area contributed by atoms with Crippen LogP contribution in [0.2, 0.25) is 0 Å². The van der Waals surface area contributed by atoms with Gasteiger partial charge in [0, 0.05) is 11.6 Å². The molecule has 2 aromatic carbocycles. The van der Waals surface area contributed by atoms with Crippen molar-refractivity contribution in [2.75, 3.05) is 0 Å². The molecule has 2 rings (SSSR count). The summed E-state index contributed by atoms with van der Waals surface area (Å²) in [6.07, 6.45) is -0.0744.